The number of methoxy groups -OCH3 is 1. The first-order valence-electron chi connectivity index (χ1n) is 6.12. The molecule has 0 bridgehead atoms. The number of carbonyl (C=O) groups is 1. The van der Waals surface area contributed by atoms with E-state index in [-0.39, 0.29) is 6.61 Å². The largest absolute Gasteiger partial charge is 0.480 e. The molecule has 0 spiro atoms. The van der Waals surface area contributed by atoms with Crippen molar-refractivity contribution in [2.45, 2.75) is 25.4 Å². The number of hydrogen-bond donors (Lipinski definition) is 1. The van der Waals surface area contributed by atoms with Gasteiger partial charge in [0.05, 0.1) is 6.61 Å². The van der Waals surface area contributed by atoms with Crippen LogP contribution in [-0.4, -0.2) is 41.8 Å². The van der Waals surface area contributed by atoms with Crippen molar-refractivity contribution in [3.05, 3.63) is 35.4 Å². The molecule has 1 aromatic rings. The molecule has 1 N–H and O–H groups in total. The number of hydrogen-bond acceptors (Lipinski definition) is 3. The number of rotatable bonds is 4. The van der Waals surface area contributed by atoms with Crippen LogP contribution < -0.4 is 0 Å². The Morgan fingerprint density at radius 1 is 1.44 bits per heavy atom. The van der Waals surface area contributed by atoms with Crippen LogP contribution in [0.4, 0.5) is 0 Å². The number of ether oxygens (including phenoxy) is 1. The van der Waals surface area contributed by atoms with Crippen LogP contribution >= 0.6 is 0 Å². The Morgan fingerprint density at radius 2 is 2.11 bits per heavy atom. The van der Waals surface area contributed by atoms with Crippen LogP contribution in [0.5, 0.6) is 0 Å². The fourth-order valence-corrected chi connectivity index (χ4v) is 2.49. The van der Waals surface area contributed by atoms with Gasteiger partial charge in [0.1, 0.15) is 5.54 Å². The smallest absolute Gasteiger partial charge is 0.326 e. The summed E-state index contributed by atoms with van der Waals surface area (Å²) in [4.78, 5) is 13.5. The van der Waals surface area contributed by atoms with Gasteiger partial charge in [0, 0.05) is 20.2 Å². The molecule has 0 saturated heterocycles. The number of nitrogens with zero attached hydrogens (tertiary/aromatic N) is 1. The molecule has 1 aliphatic rings. The second-order valence-corrected chi connectivity index (χ2v) is 4.95. The van der Waals surface area contributed by atoms with Crippen molar-refractivity contribution in [2.24, 2.45) is 0 Å². The highest BCUT2D eigenvalue weighted by molar-refractivity contribution is 5.78. The van der Waals surface area contributed by atoms with Crippen LogP contribution in [-0.2, 0) is 22.5 Å². The minimum Gasteiger partial charge on any atom is -0.480 e. The van der Waals surface area contributed by atoms with Crippen molar-refractivity contribution in [1.29, 1.82) is 0 Å². The van der Waals surface area contributed by atoms with Gasteiger partial charge < -0.3 is 9.84 Å². The average molecular weight is 249 g/mol. The molecule has 1 atom stereocenters. The first-order valence-corrected chi connectivity index (χ1v) is 6.12. The summed E-state index contributed by atoms with van der Waals surface area (Å²) in [6.45, 7) is 3.35. The van der Waals surface area contributed by atoms with Gasteiger partial charge in [-0.25, -0.2) is 0 Å². The quantitative estimate of drug-likeness (QED) is 0.879. The molecular weight excluding hydrogens is 230 g/mol. The molecule has 18 heavy (non-hydrogen) atoms. The van der Waals surface area contributed by atoms with Gasteiger partial charge in [-0.2, -0.15) is 0 Å². The summed E-state index contributed by atoms with van der Waals surface area (Å²) in [5.74, 6) is -0.830. The van der Waals surface area contributed by atoms with E-state index in [4.69, 9.17) is 4.74 Å². The lowest BCUT2D eigenvalue weighted by Crippen LogP contribution is -2.56. The molecule has 2 rings (SSSR count). The van der Waals surface area contributed by atoms with Gasteiger partial charge >= 0.3 is 5.97 Å². The van der Waals surface area contributed by atoms with Gasteiger partial charge in [0.25, 0.3) is 0 Å². The number of aliphatic carboxylic acids is 1. The molecule has 0 saturated carbocycles. The average Bonchev–Trinajstić information content (AvgIpc) is 2.38. The SMILES string of the molecule is COCC(C)(C(=O)O)N1CCc2ccccc2C1. The Bertz CT molecular complexity index is 446. The number of carboxylic acid groups (broad SMARTS) is 1. The van der Waals surface area contributed by atoms with E-state index >= 15 is 0 Å². The zero-order valence-corrected chi connectivity index (χ0v) is 10.8. The van der Waals surface area contributed by atoms with Gasteiger partial charge in [-0.3, -0.25) is 9.69 Å². The second-order valence-electron chi connectivity index (χ2n) is 4.95. The molecule has 0 aliphatic carbocycles. The van der Waals surface area contributed by atoms with E-state index in [2.05, 4.69) is 12.1 Å². The third kappa shape index (κ3) is 2.26. The fraction of sp³-hybridized carbons (Fsp3) is 0.500. The summed E-state index contributed by atoms with van der Waals surface area (Å²) in [5, 5.41) is 9.44. The van der Waals surface area contributed by atoms with Crippen molar-refractivity contribution in [3.8, 4) is 0 Å². The van der Waals surface area contributed by atoms with Crippen LogP contribution in [0.15, 0.2) is 24.3 Å². The van der Waals surface area contributed by atoms with Crippen LogP contribution in [0.2, 0.25) is 0 Å². The molecule has 1 aliphatic heterocycles. The van der Waals surface area contributed by atoms with Gasteiger partial charge in [-0.05, 0) is 24.5 Å². The molecule has 1 heterocycles. The van der Waals surface area contributed by atoms with Crippen LogP contribution in [0.1, 0.15) is 18.1 Å². The summed E-state index contributed by atoms with van der Waals surface area (Å²) >= 11 is 0. The molecule has 1 unspecified atom stereocenters. The molecule has 4 nitrogen and oxygen atoms in total. The maximum absolute atomic E-state index is 11.5. The lowest BCUT2D eigenvalue weighted by atomic mass is 9.93. The number of benzene rings is 1. The molecule has 4 heteroatoms. The van der Waals surface area contributed by atoms with Crippen molar-refractivity contribution < 1.29 is 14.6 Å². The summed E-state index contributed by atoms with van der Waals surface area (Å²) in [7, 11) is 1.54. The molecule has 0 amide bonds. The second kappa shape index (κ2) is 5.08. The highest BCUT2D eigenvalue weighted by Crippen LogP contribution is 2.26. The minimum absolute atomic E-state index is 0.199. The van der Waals surface area contributed by atoms with E-state index in [0.29, 0.717) is 6.54 Å². The van der Waals surface area contributed by atoms with Crippen LogP contribution in [0.3, 0.4) is 0 Å². The van der Waals surface area contributed by atoms with E-state index in [1.165, 1.54) is 11.1 Å². The van der Waals surface area contributed by atoms with Crippen molar-refractivity contribution in [3.63, 3.8) is 0 Å². The number of fused-ring (bicyclic) bond motifs is 1. The first-order chi connectivity index (χ1) is 8.58. The van der Waals surface area contributed by atoms with Crippen LogP contribution in [0, 0.1) is 0 Å². The zero-order valence-electron chi connectivity index (χ0n) is 10.8. The maximum Gasteiger partial charge on any atom is 0.326 e. The topological polar surface area (TPSA) is 49.8 Å². The lowest BCUT2D eigenvalue weighted by Gasteiger charge is -2.40. The highest BCUT2D eigenvalue weighted by Gasteiger charge is 2.40. The monoisotopic (exact) mass is 249 g/mol. The number of carboxylic acids is 1. The van der Waals surface area contributed by atoms with E-state index in [9.17, 15) is 9.90 Å². The molecule has 0 aromatic heterocycles. The summed E-state index contributed by atoms with van der Waals surface area (Å²) in [6, 6.07) is 8.20. The predicted octanol–water partition coefficient (Wildman–Crippen LogP) is 1.53. The lowest BCUT2D eigenvalue weighted by molar-refractivity contribution is -0.155. The Kier molecular flexibility index (Phi) is 3.68. The predicted molar refractivity (Wildman–Crippen MR) is 68.5 cm³/mol. The highest BCUT2D eigenvalue weighted by atomic mass is 16.5. The maximum atomic E-state index is 11.5. The van der Waals surface area contributed by atoms with E-state index < -0.39 is 11.5 Å². The minimum atomic E-state index is -0.956. The Balaban J connectivity index is 2.23. The summed E-state index contributed by atoms with van der Waals surface area (Å²) in [5.41, 5.74) is 1.58. The van der Waals surface area contributed by atoms with E-state index in [1.807, 2.05) is 17.0 Å². The molecule has 98 valence electrons. The van der Waals surface area contributed by atoms with Crippen LogP contribution in [0.25, 0.3) is 0 Å². The fourth-order valence-electron chi connectivity index (χ4n) is 2.49. The Morgan fingerprint density at radius 3 is 2.72 bits per heavy atom. The van der Waals surface area contributed by atoms with E-state index in [0.717, 1.165) is 13.0 Å². The third-order valence-electron chi connectivity index (χ3n) is 3.71. The molecule has 0 radical (unpaired) electrons. The molecule has 1 aromatic carbocycles. The Labute approximate surface area is 107 Å². The Hall–Kier alpha value is -1.39. The summed E-state index contributed by atoms with van der Waals surface area (Å²) < 4.78 is 5.09. The van der Waals surface area contributed by atoms with Gasteiger partial charge in [0.15, 0.2) is 0 Å². The third-order valence-corrected chi connectivity index (χ3v) is 3.71. The van der Waals surface area contributed by atoms with Crippen molar-refractivity contribution in [1.82, 2.24) is 4.90 Å². The van der Waals surface area contributed by atoms with Crippen molar-refractivity contribution >= 4 is 5.97 Å². The first kappa shape index (κ1) is 13.1. The zero-order chi connectivity index (χ0) is 13.2. The standard InChI is InChI=1S/C14H19NO3/c1-14(10-18-2,13(16)17)15-8-7-11-5-3-4-6-12(11)9-15/h3-6H,7-10H2,1-2H3,(H,16,17). The van der Waals surface area contributed by atoms with Gasteiger partial charge in [-0.15, -0.1) is 0 Å². The summed E-state index contributed by atoms with van der Waals surface area (Å²) in [6.07, 6.45) is 0.892. The van der Waals surface area contributed by atoms with Gasteiger partial charge in [-0.1, -0.05) is 24.3 Å². The van der Waals surface area contributed by atoms with Gasteiger partial charge in [0.2, 0.25) is 0 Å². The molecular formula is C14H19NO3. The van der Waals surface area contributed by atoms with E-state index in [1.54, 1.807) is 14.0 Å². The molecule has 0 fully saturated rings. The normalized spacial score (nSPS) is 19.0. The van der Waals surface area contributed by atoms with Crippen molar-refractivity contribution in [2.75, 3.05) is 20.3 Å².